The van der Waals surface area contributed by atoms with Gasteiger partial charge in [0.15, 0.2) is 18.3 Å². The lowest BCUT2D eigenvalue weighted by atomic mass is 9.94. The van der Waals surface area contributed by atoms with Gasteiger partial charge in [-0.05, 0) is 0 Å². The number of aliphatic hydroxyl groups is 1. The van der Waals surface area contributed by atoms with E-state index in [0.717, 1.165) is 27.7 Å². The van der Waals surface area contributed by atoms with Gasteiger partial charge in [0.1, 0.15) is 28.8 Å². The Morgan fingerprint density at radius 1 is 0.811 bits per heavy atom. The Hall–Kier alpha value is -3.71. The minimum atomic E-state index is -1.47. The lowest BCUT2D eigenvalue weighted by Crippen LogP contribution is -2.61. The molecule has 12 nitrogen and oxygen atoms in total. The number of ether oxygens (including phenoxy) is 5. The molecular formula is C24H24O12S. The van der Waals surface area contributed by atoms with Crippen LogP contribution in [0.3, 0.4) is 0 Å². The molecule has 1 aliphatic heterocycles. The summed E-state index contributed by atoms with van der Waals surface area (Å²) >= 11 is 0.552. The van der Waals surface area contributed by atoms with Crippen LogP contribution in [0, 0.1) is 0 Å². The van der Waals surface area contributed by atoms with Crippen LogP contribution in [-0.2, 0) is 47.7 Å². The van der Waals surface area contributed by atoms with Crippen molar-refractivity contribution in [3.63, 3.8) is 0 Å². The Morgan fingerprint density at radius 2 is 1.35 bits per heavy atom. The summed E-state index contributed by atoms with van der Waals surface area (Å²) in [5, 5.41) is 10.8. The van der Waals surface area contributed by atoms with Crippen molar-refractivity contribution in [1.82, 2.24) is 0 Å². The number of benzene rings is 1. The van der Waals surface area contributed by atoms with Gasteiger partial charge in [0.25, 0.3) is 0 Å². The second-order valence-electron chi connectivity index (χ2n) is 8.07. The summed E-state index contributed by atoms with van der Waals surface area (Å²) in [5.41, 5.74) is -1.25. The van der Waals surface area contributed by atoms with E-state index in [1.165, 1.54) is 18.2 Å². The fourth-order valence-electron chi connectivity index (χ4n) is 3.85. The van der Waals surface area contributed by atoms with Gasteiger partial charge in [0.05, 0.1) is 0 Å². The van der Waals surface area contributed by atoms with Gasteiger partial charge in [-0.3, -0.25) is 28.8 Å². The molecule has 0 saturated carbocycles. The van der Waals surface area contributed by atoms with Crippen LogP contribution in [-0.4, -0.2) is 77.0 Å². The average molecular weight is 537 g/mol. The lowest BCUT2D eigenvalue weighted by molar-refractivity contribution is -0.237. The normalized spacial score (nSPS) is 25.1. The van der Waals surface area contributed by atoms with E-state index in [-0.39, 0.29) is 11.1 Å². The summed E-state index contributed by atoms with van der Waals surface area (Å²) in [5.74, 6) is -5.54. The summed E-state index contributed by atoms with van der Waals surface area (Å²) in [4.78, 5) is 72.4. The number of hydrogen-bond acceptors (Lipinski definition) is 13. The number of esters is 4. The van der Waals surface area contributed by atoms with Crippen molar-refractivity contribution >= 4 is 53.0 Å². The molecule has 1 fully saturated rings. The molecule has 198 valence electrons. The van der Waals surface area contributed by atoms with Crippen molar-refractivity contribution in [2.45, 2.75) is 57.5 Å². The van der Waals surface area contributed by atoms with Crippen molar-refractivity contribution in [3.05, 3.63) is 40.3 Å². The number of carbonyl (C=O) groups excluding carboxylic acids is 6. The first kappa shape index (κ1) is 27.9. The first-order chi connectivity index (χ1) is 17.4. The third-order valence-electron chi connectivity index (χ3n) is 5.24. The zero-order valence-electron chi connectivity index (χ0n) is 20.2. The Kier molecular flexibility index (Phi) is 8.71. The molecule has 1 aromatic carbocycles. The zero-order chi connectivity index (χ0) is 27.4. The van der Waals surface area contributed by atoms with Gasteiger partial charge in [-0.25, -0.2) is 0 Å². The predicted molar refractivity (Wildman–Crippen MR) is 125 cm³/mol. The van der Waals surface area contributed by atoms with Crippen LogP contribution in [0.25, 0.3) is 5.76 Å². The smallest absolute Gasteiger partial charge is 0.303 e. The van der Waals surface area contributed by atoms with Gasteiger partial charge in [0.2, 0.25) is 11.6 Å². The fraction of sp³-hybridized carbons (Fsp3) is 0.417. The van der Waals surface area contributed by atoms with Crippen LogP contribution in [0.1, 0.15) is 43.6 Å². The Labute approximate surface area is 215 Å². The highest BCUT2D eigenvalue weighted by atomic mass is 32.2. The molecule has 37 heavy (non-hydrogen) atoms. The first-order valence-electron chi connectivity index (χ1n) is 11.0. The molecule has 0 bridgehead atoms. The van der Waals surface area contributed by atoms with Crippen LogP contribution in [0.5, 0.6) is 0 Å². The van der Waals surface area contributed by atoms with Crippen LogP contribution in [0.2, 0.25) is 0 Å². The van der Waals surface area contributed by atoms with E-state index in [4.69, 9.17) is 23.7 Å². The van der Waals surface area contributed by atoms with Gasteiger partial charge in [0, 0.05) is 38.8 Å². The topological polar surface area (TPSA) is 169 Å². The van der Waals surface area contributed by atoms with E-state index in [9.17, 15) is 33.9 Å². The van der Waals surface area contributed by atoms with Crippen LogP contribution in [0.4, 0.5) is 0 Å². The van der Waals surface area contributed by atoms with Crippen molar-refractivity contribution < 1.29 is 57.6 Å². The molecule has 1 heterocycles. The van der Waals surface area contributed by atoms with Crippen molar-refractivity contribution in [3.8, 4) is 0 Å². The molecule has 5 atom stereocenters. The molecule has 1 aliphatic carbocycles. The van der Waals surface area contributed by atoms with E-state index >= 15 is 0 Å². The third-order valence-corrected chi connectivity index (χ3v) is 6.46. The van der Waals surface area contributed by atoms with Crippen molar-refractivity contribution in [2.75, 3.05) is 6.61 Å². The maximum atomic E-state index is 12.9. The quantitative estimate of drug-likeness (QED) is 0.302. The number of hydrogen-bond donors (Lipinski definition) is 1. The highest BCUT2D eigenvalue weighted by molar-refractivity contribution is 8.04. The molecule has 0 amide bonds. The number of carbonyl (C=O) groups is 6. The molecule has 0 aromatic heterocycles. The molecule has 1 N–H and O–H groups in total. The molecule has 0 radical (unpaired) electrons. The van der Waals surface area contributed by atoms with E-state index in [1.54, 1.807) is 6.07 Å². The largest absolute Gasteiger partial charge is 0.506 e. The summed E-state index contributed by atoms with van der Waals surface area (Å²) in [6.07, 6.45) is -5.55. The van der Waals surface area contributed by atoms with Crippen molar-refractivity contribution in [1.29, 1.82) is 0 Å². The van der Waals surface area contributed by atoms with Gasteiger partial charge in [-0.2, -0.15) is 0 Å². The van der Waals surface area contributed by atoms with Gasteiger partial charge < -0.3 is 28.8 Å². The molecule has 2 aliphatic rings. The lowest BCUT2D eigenvalue weighted by Gasteiger charge is -2.44. The summed E-state index contributed by atoms with van der Waals surface area (Å²) in [6.45, 7) is 3.90. The minimum absolute atomic E-state index is 0.0101. The Morgan fingerprint density at radius 3 is 1.92 bits per heavy atom. The van der Waals surface area contributed by atoms with Crippen LogP contribution < -0.4 is 0 Å². The maximum absolute atomic E-state index is 12.9. The second-order valence-corrected chi connectivity index (χ2v) is 9.18. The SMILES string of the molecule is CC(=O)OCC1OC(SC2=C(O)c3ccccc3C(=O)C2=O)C(OC(C)=O)C(OC(C)=O)C1OC(C)=O. The molecule has 0 spiro atoms. The van der Waals surface area contributed by atoms with Gasteiger partial charge in [-0.1, -0.05) is 36.0 Å². The highest BCUT2D eigenvalue weighted by Crippen LogP contribution is 2.41. The van der Waals surface area contributed by atoms with E-state index in [1.807, 2.05) is 0 Å². The van der Waals surface area contributed by atoms with Gasteiger partial charge >= 0.3 is 23.9 Å². The number of aliphatic hydroxyl groups excluding tert-OH is 1. The minimum Gasteiger partial charge on any atom is -0.506 e. The third kappa shape index (κ3) is 6.35. The van der Waals surface area contributed by atoms with E-state index in [0.29, 0.717) is 11.8 Å². The number of fused-ring (bicyclic) bond motifs is 1. The molecule has 3 rings (SSSR count). The van der Waals surface area contributed by atoms with E-state index in [2.05, 4.69) is 0 Å². The number of rotatable bonds is 7. The maximum Gasteiger partial charge on any atom is 0.303 e. The van der Waals surface area contributed by atoms with E-state index < -0.39 is 82.6 Å². The summed E-state index contributed by atoms with van der Waals surface area (Å²) < 4.78 is 26.9. The standard InChI is InChI=1S/C24H24O12S/c1-10(25)32-9-16-20(33-11(2)26)21(34-12(3)27)22(35-13(4)28)24(36-16)37-23-18(30)15-8-6-5-7-14(15)17(29)19(23)31/h5-8,16,20-22,24,30H,9H2,1-4H3. The summed E-state index contributed by atoms with van der Waals surface area (Å²) in [7, 11) is 0. The highest BCUT2D eigenvalue weighted by Gasteiger charge is 2.53. The molecule has 1 aromatic rings. The Bertz CT molecular complexity index is 1170. The first-order valence-corrected chi connectivity index (χ1v) is 11.9. The number of ketones is 2. The second kappa shape index (κ2) is 11.6. The summed E-state index contributed by atoms with van der Waals surface area (Å²) in [6, 6.07) is 5.94. The predicted octanol–water partition coefficient (Wildman–Crippen LogP) is 1.49. The molecule has 13 heteroatoms. The van der Waals surface area contributed by atoms with Gasteiger partial charge in [-0.15, -0.1) is 0 Å². The number of allylic oxidation sites excluding steroid dienone is 1. The molecule has 1 saturated heterocycles. The Balaban J connectivity index is 2.08. The fourth-order valence-corrected chi connectivity index (χ4v) is 5.05. The number of thioether (sulfide) groups is 1. The zero-order valence-corrected chi connectivity index (χ0v) is 21.1. The van der Waals surface area contributed by atoms with Crippen molar-refractivity contribution in [2.24, 2.45) is 0 Å². The molecular weight excluding hydrogens is 512 g/mol. The average Bonchev–Trinajstić information content (AvgIpc) is 2.81. The van der Waals surface area contributed by atoms with Crippen LogP contribution in [0.15, 0.2) is 29.2 Å². The molecule has 5 unspecified atom stereocenters. The monoisotopic (exact) mass is 536 g/mol. The van der Waals surface area contributed by atoms with Crippen LogP contribution >= 0.6 is 11.8 Å². The number of Topliss-reactive ketones (excluding diaryl/α,β-unsaturated/α-hetero) is 2.